The largest absolute Gasteiger partial charge is 0.433 e. The summed E-state index contributed by atoms with van der Waals surface area (Å²) in [6.45, 7) is 0.795. The third kappa shape index (κ3) is 4.16. The van der Waals surface area contributed by atoms with E-state index >= 15 is 0 Å². The molecule has 1 fully saturated rings. The molecule has 3 aromatic rings. The Morgan fingerprint density at radius 1 is 1.28 bits per heavy atom. The van der Waals surface area contributed by atoms with Crippen molar-refractivity contribution in [2.75, 3.05) is 13.1 Å². The minimum absolute atomic E-state index is 0.127. The first-order valence-corrected chi connectivity index (χ1v) is 9.98. The van der Waals surface area contributed by atoms with Crippen molar-refractivity contribution in [2.45, 2.75) is 24.9 Å². The van der Waals surface area contributed by atoms with Crippen molar-refractivity contribution in [1.29, 1.82) is 0 Å². The number of piperidine rings is 1. The molecular formula is C19H18F3N5OS. The van der Waals surface area contributed by atoms with Gasteiger partial charge in [-0.25, -0.2) is 9.97 Å². The van der Waals surface area contributed by atoms with Gasteiger partial charge in [0.25, 0.3) is 5.91 Å². The molecule has 4 heterocycles. The van der Waals surface area contributed by atoms with Crippen LogP contribution in [0.5, 0.6) is 0 Å². The van der Waals surface area contributed by atoms with Crippen LogP contribution in [0, 0.1) is 0 Å². The van der Waals surface area contributed by atoms with Crippen molar-refractivity contribution in [3.05, 3.63) is 53.1 Å². The quantitative estimate of drug-likeness (QED) is 0.642. The maximum Gasteiger partial charge on any atom is 0.433 e. The van der Waals surface area contributed by atoms with E-state index < -0.39 is 11.9 Å². The lowest BCUT2D eigenvalue weighted by Crippen LogP contribution is -2.40. The molecule has 1 aliphatic heterocycles. The number of aromatic nitrogens is 4. The van der Waals surface area contributed by atoms with E-state index in [0.717, 1.165) is 6.07 Å². The highest BCUT2D eigenvalue weighted by atomic mass is 32.1. The van der Waals surface area contributed by atoms with Crippen LogP contribution >= 0.6 is 11.3 Å². The number of alkyl halides is 3. The van der Waals surface area contributed by atoms with Gasteiger partial charge in [0.2, 0.25) is 0 Å². The first-order chi connectivity index (χ1) is 13.8. The van der Waals surface area contributed by atoms with Gasteiger partial charge in [-0.1, -0.05) is 6.07 Å². The summed E-state index contributed by atoms with van der Waals surface area (Å²) in [5, 5.41) is 5.91. The zero-order valence-corrected chi connectivity index (χ0v) is 16.4. The maximum absolute atomic E-state index is 13.4. The molecule has 1 atom stereocenters. The number of rotatable bonds is 3. The van der Waals surface area contributed by atoms with Crippen molar-refractivity contribution < 1.29 is 18.0 Å². The number of thiophene rings is 1. The monoisotopic (exact) mass is 421 g/mol. The third-order valence-electron chi connectivity index (χ3n) is 4.81. The summed E-state index contributed by atoms with van der Waals surface area (Å²) in [4.78, 5) is 23.2. The molecular weight excluding hydrogens is 403 g/mol. The smallest absolute Gasteiger partial charge is 0.337 e. The first kappa shape index (κ1) is 19.6. The molecule has 0 bridgehead atoms. The molecule has 4 rings (SSSR count). The molecule has 152 valence electrons. The second-order valence-corrected chi connectivity index (χ2v) is 7.88. The normalized spacial score (nSPS) is 17.5. The summed E-state index contributed by atoms with van der Waals surface area (Å²) in [6, 6.07) is 6.11. The van der Waals surface area contributed by atoms with E-state index in [1.165, 1.54) is 16.0 Å². The molecule has 0 radical (unpaired) electrons. The number of likely N-dealkylation sites (tertiary alicyclic amines) is 1. The van der Waals surface area contributed by atoms with Gasteiger partial charge in [0, 0.05) is 32.3 Å². The summed E-state index contributed by atoms with van der Waals surface area (Å²) in [5.74, 6) is -0.472. The predicted octanol–water partition coefficient (Wildman–Crippen LogP) is 3.98. The van der Waals surface area contributed by atoms with Gasteiger partial charge >= 0.3 is 6.18 Å². The summed E-state index contributed by atoms with van der Waals surface area (Å²) >= 11 is 1.32. The lowest BCUT2D eigenvalue weighted by Gasteiger charge is -2.31. The Morgan fingerprint density at radius 3 is 2.76 bits per heavy atom. The van der Waals surface area contributed by atoms with Crippen molar-refractivity contribution in [1.82, 2.24) is 24.6 Å². The second kappa shape index (κ2) is 7.58. The maximum atomic E-state index is 13.4. The average molecular weight is 421 g/mol. The zero-order chi connectivity index (χ0) is 20.6. The number of carbonyl (C=O) groups is 1. The highest BCUT2D eigenvalue weighted by molar-refractivity contribution is 7.13. The van der Waals surface area contributed by atoms with E-state index in [1.54, 1.807) is 41.7 Å². The molecule has 6 nitrogen and oxygen atoms in total. The summed E-state index contributed by atoms with van der Waals surface area (Å²) in [6.07, 6.45) is -1.60. The molecule has 0 spiro atoms. The molecule has 0 aromatic carbocycles. The van der Waals surface area contributed by atoms with Crippen LogP contribution in [0.2, 0.25) is 0 Å². The van der Waals surface area contributed by atoms with Crippen molar-refractivity contribution >= 4 is 17.2 Å². The number of amides is 1. The van der Waals surface area contributed by atoms with E-state index in [0.29, 0.717) is 30.0 Å². The second-order valence-electron chi connectivity index (χ2n) is 6.94. The molecule has 0 unspecified atom stereocenters. The van der Waals surface area contributed by atoms with Crippen LogP contribution in [0.3, 0.4) is 0 Å². The highest BCUT2D eigenvalue weighted by Crippen LogP contribution is 2.34. The van der Waals surface area contributed by atoms with Crippen LogP contribution in [-0.2, 0) is 13.2 Å². The van der Waals surface area contributed by atoms with Crippen molar-refractivity contribution in [2.24, 2.45) is 7.05 Å². The Morgan fingerprint density at radius 2 is 2.10 bits per heavy atom. The molecule has 1 aliphatic rings. The molecule has 1 saturated heterocycles. The Hall–Kier alpha value is -2.75. The topological polar surface area (TPSA) is 63.9 Å². The summed E-state index contributed by atoms with van der Waals surface area (Å²) in [7, 11) is 1.72. The average Bonchev–Trinajstić information content (AvgIpc) is 3.38. The molecule has 10 heteroatoms. The molecule has 0 aliphatic carbocycles. The van der Waals surface area contributed by atoms with E-state index in [4.69, 9.17) is 0 Å². The zero-order valence-electron chi connectivity index (χ0n) is 15.6. The SMILES string of the molecule is Cn1ccc(C(=O)N2CCC[C@H](c3nc(-c4cccs4)cc(C(F)(F)F)n3)C2)n1. The number of nitrogens with zero attached hydrogens (tertiary/aromatic N) is 5. The minimum Gasteiger partial charge on any atom is -0.337 e. The molecule has 29 heavy (non-hydrogen) atoms. The van der Waals surface area contributed by atoms with Gasteiger partial charge in [-0.15, -0.1) is 11.3 Å². The van der Waals surface area contributed by atoms with Gasteiger partial charge in [0.05, 0.1) is 10.6 Å². The Kier molecular flexibility index (Phi) is 5.12. The fraction of sp³-hybridized carbons (Fsp3) is 0.368. The molecule has 3 aromatic heterocycles. The third-order valence-corrected chi connectivity index (χ3v) is 5.71. The van der Waals surface area contributed by atoms with Gasteiger partial charge in [-0.3, -0.25) is 9.48 Å². The van der Waals surface area contributed by atoms with Gasteiger partial charge in [0.1, 0.15) is 17.2 Å². The molecule has 0 saturated carbocycles. The van der Waals surface area contributed by atoms with E-state index in [2.05, 4.69) is 15.1 Å². The van der Waals surface area contributed by atoms with Gasteiger partial charge < -0.3 is 4.90 Å². The first-order valence-electron chi connectivity index (χ1n) is 9.10. The Bertz CT molecular complexity index is 1020. The minimum atomic E-state index is -4.57. The fourth-order valence-corrected chi connectivity index (χ4v) is 4.09. The lowest BCUT2D eigenvalue weighted by atomic mass is 9.96. The number of hydrogen-bond donors (Lipinski definition) is 0. The van der Waals surface area contributed by atoms with E-state index in [-0.39, 0.29) is 29.9 Å². The number of hydrogen-bond acceptors (Lipinski definition) is 5. The van der Waals surface area contributed by atoms with Gasteiger partial charge in [-0.2, -0.15) is 18.3 Å². The number of halogens is 3. The van der Waals surface area contributed by atoms with Gasteiger partial charge in [0.15, 0.2) is 0 Å². The van der Waals surface area contributed by atoms with Crippen LogP contribution in [0.15, 0.2) is 35.8 Å². The number of carbonyl (C=O) groups excluding carboxylic acids is 1. The highest BCUT2D eigenvalue weighted by Gasteiger charge is 2.36. The standard InChI is InChI=1S/C19H18F3N5OS/c1-26-8-6-13(25-26)18(28)27-7-2-4-12(11-27)17-23-14(15-5-3-9-29-15)10-16(24-17)19(20,21)22/h3,5-6,8-10,12H,2,4,7,11H2,1H3/t12-/m0/s1. The fourth-order valence-electron chi connectivity index (χ4n) is 3.41. The predicted molar refractivity (Wildman–Crippen MR) is 101 cm³/mol. The van der Waals surface area contributed by atoms with Crippen LogP contribution < -0.4 is 0 Å². The Balaban J connectivity index is 1.64. The summed E-state index contributed by atoms with van der Waals surface area (Å²) in [5.41, 5.74) is -0.387. The van der Waals surface area contributed by atoms with Crippen molar-refractivity contribution in [3.63, 3.8) is 0 Å². The molecule has 1 amide bonds. The van der Waals surface area contributed by atoms with Crippen LogP contribution in [0.25, 0.3) is 10.6 Å². The van der Waals surface area contributed by atoms with Crippen LogP contribution in [-0.4, -0.2) is 43.6 Å². The lowest BCUT2D eigenvalue weighted by molar-refractivity contribution is -0.141. The number of aryl methyl sites for hydroxylation is 1. The molecule has 0 N–H and O–H groups in total. The van der Waals surface area contributed by atoms with Crippen molar-refractivity contribution in [3.8, 4) is 10.6 Å². The van der Waals surface area contributed by atoms with E-state index in [1.807, 2.05) is 0 Å². The van der Waals surface area contributed by atoms with Crippen LogP contribution in [0.1, 0.15) is 40.8 Å². The van der Waals surface area contributed by atoms with E-state index in [9.17, 15) is 18.0 Å². The summed E-state index contributed by atoms with van der Waals surface area (Å²) < 4.78 is 41.8. The van der Waals surface area contributed by atoms with Gasteiger partial charge in [-0.05, 0) is 36.4 Å². The Labute approximate surface area is 169 Å². The van der Waals surface area contributed by atoms with Crippen LogP contribution in [0.4, 0.5) is 13.2 Å².